The topological polar surface area (TPSA) is 34.1 Å². The maximum Gasteiger partial charge on any atom is 0.373 e. The summed E-state index contributed by atoms with van der Waals surface area (Å²) in [5.74, 6) is 0. The molecule has 2 aromatic carbocycles. The molecule has 0 heterocycles. The summed E-state index contributed by atoms with van der Waals surface area (Å²) in [5, 5.41) is 0. The van der Waals surface area contributed by atoms with Crippen LogP contribution < -0.4 is 0 Å². The molecule has 0 fully saturated rings. The zero-order chi connectivity index (χ0) is 15.2. The average molecular weight is 268 g/mol. The van der Waals surface area contributed by atoms with Gasteiger partial charge in [0.15, 0.2) is 0 Å². The molecule has 0 spiro atoms. The Morgan fingerprint density at radius 3 is 1.45 bits per heavy atom. The maximum atomic E-state index is 8.12. The van der Waals surface area contributed by atoms with E-state index in [2.05, 4.69) is 76.2 Å². The second-order valence-corrected chi connectivity index (χ2v) is 5.78. The molecule has 0 N–H and O–H groups in total. The van der Waals surface area contributed by atoms with Crippen LogP contribution in [0.4, 0.5) is 0 Å². The molecule has 0 aliphatic carbocycles. The summed E-state index contributed by atoms with van der Waals surface area (Å²) < 4.78 is 0. The first kappa shape index (κ1) is 15.9. The fourth-order valence-electron chi connectivity index (χ4n) is 1.91. The number of rotatable bonds is 1. The van der Waals surface area contributed by atoms with Gasteiger partial charge in [0.2, 0.25) is 0 Å². The lowest BCUT2D eigenvalue weighted by atomic mass is 9.86. The summed E-state index contributed by atoms with van der Waals surface area (Å²) in [5.41, 5.74) is 5.49. The quantitative estimate of drug-likeness (QED) is 0.769. The van der Waals surface area contributed by atoms with E-state index in [9.17, 15) is 0 Å². The Kier molecular flexibility index (Phi) is 5.42. The molecule has 0 saturated heterocycles. The van der Waals surface area contributed by atoms with Crippen molar-refractivity contribution in [1.29, 1.82) is 0 Å². The second kappa shape index (κ2) is 6.83. The van der Waals surface area contributed by atoms with Gasteiger partial charge < -0.3 is 0 Å². The first-order valence-electron chi connectivity index (χ1n) is 6.55. The molecule has 2 heteroatoms. The molecule has 0 atom stereocenters. The van der Waals surface area contributed by atoms with Crippen molar-refractivity contribution < 1.29 is 9.59 Å². The van der Waals surface area contributed by atoms with E-state index in [1.54, 1.807) is 0 Å². The Bertz CT molecular complexity index is 566. The van der Waals surface area contributed by atoms with E-state index in [4.69, 9.17) is 9.59 Å². The normalized spacial score (nSPS) is 10.2. The molecule has 0 unspecified atom stereocenters. The third kappa shape index (κ3) is 4.49. The van der Waals surface area contributed by atoms with Crippen LogP contribution in [0.3, 0.4) is 0 Å². The second-order valence-electron chi connectivity index (χ2n) is 5.78. The Morgan fingerprint density at radius 1 is 0.750 bits per heavy atom. The molecule has 0 amide bonds. The zero-order valence-electron chi connectivity index (χ0n) is 12.4. The van der Waals surface area contributed by atoms with Crippen molar-refractivity contribution in [3.8, 4) is 11.1 Å². The van der Waals surface area contributed by atoms with E-state index in [1.807, 2.05) is 0 Å². The van der Waals surface area contributed by atoms with Crippen LogP contribution in [0.5, 0.6) is 0 Å². The number of hydrogen-bond acceptors (Lipinski definition) is 2. The van der Waals surface area contributed by atoms with Gasteiger partial charge >= 0.3 is 6.15 Å². The van der Waals surface area contributed by atoms with Gasteiger partial charge in [-0.05, 0) is 29.0 Å². The van der Waals surface area contributed by atoms with Crippen molar-refractivity contribution >= 4 is 6.15 Å². The molecule has 2 rings (SSSR count). The lowest BCUT2D eigenvalue weighted by Crippen LogP contribution is -2.10. The standard InChI is InChI=1S/C17H20.CO2/c1-13-5-7-14(8-6-13)15-9-11-16(12-10-15)17(2,3)4;2-1-3/h5-12H,1-4H3;. The smallest absolute Gasteiger partial charge is 0.186 e. The van der Waals surface area contributed by atoms with Gasteiger partial charge in [0, 0.05) is 0 Å². The summed E-state index contributed by atoms with van der Waals surface area (Å²) in [6.45, 7) is 8.85. The molecule has 2 aromatic rings. The van der Waals surface area contributed by atoms with Crippen LogP contribution in [0.25, 0.3) is 11.1 Å². The van der Waals surface area contributed by atoms with E-state index in [0.717, 1.165) is 0 Å². The van der Waals surface area contributed by atoms with Crippen LogP contribution in [0, 0.1) is 6.92 Å². The summed E-state index contributed by atoms with van der Waals surface area (Å²) in [7, 11) is 0. The van der Waals surface area contributed by atoms with Gasteiger partial charge in [-0.1, -0.05) is 74.9 Å². The van der Waals surface area contributed by atoms with Gasteiger partial charge in [-0.25, -0.2) is 0 Å². The van der Waals surface area contributed by atoms with Crippen LogP contribution in [0.15, 0.2) is 48.5 Å². The molecule has 0 aromatic heterocycles. The Morgan fingerprint density at radius 2 is 1.10 bits per heavy atom. The minimum Gasteiger partial charge on any atom is -0.186 e. The van der Waals surface area contributed by atoms with Crippen LogP contribution in [0.2, 0.25) is 0 Å². The minimum absolute atomic E-state index is 0.228. The van der Waals surface area contributed by atoms with E-state index in [0.29, 0.717) is 0 Å². The molecule has 0 saturated carbocycles. The fourth-order valence-corrected chi connectivity index (χ4v) is 1.91. The molecule has 0 bridgehead atoms. The molecule has 0 radical (unpaired) electrons. The summed E-state index contributed by atoms with van der Waals surface area (Å²) >= 11 is 0. The van der Waals surface area contributed by atoms with Crippen molar-refractivity contribution in [2.45, 2.75) is 33.1 Å². The van der Waals surface area contributed by atoms with Gasteiger partial charge in [-0.3, -0.25) is 0 Å². The third-order valence-corrected chi connectivity index (χ3v) is 3.14. The van der Waals surface area contributed by atoms with E-state index >= 15 is 0 Å². The molecule has 2 nitrogen and oxygen atoms in total. The molecule has 20 heavy (non-hydrogen) atoms. The minimum atomic E-state index is 0.228. The van der Waals surface area contributed by atoms with Crippen LogP contribution >= 0.6 is 0 Å². The van der Waals surface area contributed by atoms with Crippen LogP contribution in [-0.2, 0) is 15.0 Å². The van der Waals surface area contributed by atoms with Crippen molar-refractivity contribution in [3.05, 3.63) is 59.7 Å². The predicted molar refractivity (Wildman–Crippen MR) is 80.3 cm³/mol. The van der Waals surface area contributed by atoms with Gasteiger partial charge in [0.1, 0.15) is 0 Å². The SMILES string of the molecule is Cc1ccc(-c2ccc(C(C)(C)C)cc2)cc1.O=C=O. The molecule has 0 aliphatic rings. The van der Waals surface area contributed by atoms with Crippen molar-refractivity contribution in [2.24, 2.45) is 0 Å². The molecular weight excluding hydrogens is 248 g/mol. The summed E-state index contributed by atoms with van der Waals surface area (Å²) in [6.07, 6.45) is 0.250. The van der Waals surface area contributed by atoms with Gasteiger partial charge in [-0.15, -0.1) is 0 Å². The molecular formula is C18H20O2. The first-order chi connectivity index (χ1) is 9.38. The van der Waals surface area contributed by atoms with Gasteiger partial charge in [0.25, 0.3) is 0 Å². The zero-order valence-corrected chi connectivity index (χ0v) is 12.4. The number of carbonyl (C=O) groups excluding carboxylic acids is 2. The third-order valence-electron chi connectivity index (χ3n) is 3.14. The average Bonchev–Trinajstić information content (AvgIpc) is 2.40. The van der Waals surface area contributed by atoms with Crippen molar-refractivity contribution in [3.63, 3.8) is 0 Å². The highest BCUT2D eigenvalue weighted by molar-refractivity contribution is 5.64. The number of aryl methyl sites for hydroxylation is 1. The highest BCUT2D eigenvalue weighted by Gasteiger charge is 2.12. The highest BCUT2D eigenvalue weighted by Crippen LogP contribution is 2.26. The maximum absolute atomic E-state index is 8.12. The lowest BCUT2D eigenvalue weighted by molar-refractivity contribution is -0.191. The van der Waals surface area contributed by atoms with E-state index in [1.165, 1.54) is 22.3 Å². The Hall–Kier alpha value is -2.18. The Balaban J connectivity index is 0.000000612. The van der Waals surface area contributed by atoms with Gasteiger partial charge in [-0.2, -0.15) is 9.59 Å². The largest absolute Gasteiger partial charge is 0.373 e. The summed E-state index contributed by atoms with van der Waals surface area (Å²) in [4.78, 5) is 16.2. The highest BCUT2D eigenvalue weighted by atomic mass is 16.2. The van der Waals surface area contributed by atoms with Crippen LogP contribution in [-0.4, -0.2) is 6.15 Å². The first-order valence-corrected chi connectivity index (χ1v) is 6.55. The summed E-state index contributed by atoms with van der Waals surface area (Å²) in [6, 6.07) is 17.6. The lowest BCUT2D eigenvalue weighted by Gasteiger charge is -2.19. The number of hydrogen-bond donors (Lipinski definition) is 0. The molecule has 0 aliphatic heterocycles. The van der Waals surface area contributed by atoms with Crippen molar-refractivity contribution in [1.82, 2.24) is 0 Å². The fraction of sp³-hybridized carbons (Fsp3) is 0.278. The van der Waals surface area contributed by atoms with Crippen molar-refractivity contribution in [2.75, 3.05) is 0 Å². The molecule has 104 valence electrons. The van der Waals surface area contributed by atoms with Crippen LogP contribution in [0.1, 0.15) is 31.9 Å². The predicted octanol–water partition coefficient (Wildman–Crippen LogP) is 4.38. The van der Waals surface area contributed by atoms with Gasteiger partial charge in [0.05, 0.1) is 0 Å². The monoisotopic (exact) mass is 268 g/mol. The number of benzene rings is 2. The Labute approximate surface area is 120 Å². The van der Waals surface area contributed by atoms with E-state index in [-0.39, 0.29) is 11.6 Å². The van der Waals surface area contributed by atoms with E-state index < -0.39 is 0 Å².